The Morgan fingerprint density at radius 1 is 1.24 bits per heavy atom. The summed E-state index contributed by atoms with van der Waals surface area (Å²) in [5.74, 6) is 0.0717. The van der Waals surface area contributed by atoms with Gasteiger partial charge in [0.15, 0.2) is 0 Å². The van der Waals surface area contributed by atoms with E-state index in [1.807, 2.05) is 28.9 Å². The van der Waals surface area contributed by atoms with E-state index < -0.39 is 0 Å². The summed E-state index contributed by atoms with van der Waals surface area (Å²) in [4.78, 5) is 30.5. The first kappa shape index (κ1) is 17.7. The molecule has 1 aromatic carbocycles. The van der Waals surface area contributed by atoms with Crippen LogP contribution in [0.2, 0.25) is 0 Å². The van der Waals surface area contributed by atoms with Gasteiger partial charge in [0.2, 0.25) is 5.91 Å². The molecule has 0 saturated carbocycles. The van der Waals surface area contributed by atoms with Gasteiger partial charge in [-0.2, -0.15) is 0 Å². The van der Waals surface area contributed by atoms with Crippen molar-refractivity contribution in [1.82, 2.24) is 10.2 Å². The molecule has 0 spiro atoms. The highest BCUT2D eigenvalue weighted by Crippen LogP contribution is 2.33. The Bertz CT molecular complexity index is 653. The van der Waals surface area contributed by atoms with E-state index in [1.165, 1.54) is 0 Å². The second kappa shape index (κ2) is 7.44. The highest BCUT2D eigenvalue weighted by atomic mass is 16.2. The van der Waals surface area contributed by atoms with Crippen molar-refractivity contribution in [3.8, 4) is 0 Å². The Morgan fingerprint density at radius 3 is 2.60 bits per heavy atom. The molecule has 2 aliphatic rings. The second-order valence-corrected chi connectivity index (χ2v) is 6.97. The summed E-state index contributed by atoms with van der Waals surface area (Å²) in [6.45, 7) is 6.89. The molecule has 2 aliphatic heterocycles. The summed E-state index contributed by atoms with van der Waals surface area (Å²) >= 11 is 0. The average molecular weight is 344 g/mol. The van der Waals surface area contributed by atoms with E-state index >= 15 is 0 Å². The first-order valence-electron chi connectivity index (χ1n) is 9.18. The van der Waals surface area contributed by atoms with Gasteiger partial charge in [-0.3, -0.25) is 9.69 Å². The minimum atomic E-state index is -0.0292. The number of anilines is 2. The van der Waals surface area contributed by atoms with Crippen LogP contribution >= 0.6 is 0 Å². The fraction of sp³-hybridized carbons (Fsp3) is 0.579. The molecule has 1 saturated heterocycles. The summed E-state index contributed by atoms with van der Waals surface area (Å²) in [7, 11) is 2.12. The molecular weight excluding hydrogens is 316 g/mol. The summed E-state index contributed by atoms with van der Waals surface area (Å²) in [6, 6.07) is 6.24. The van der Waals surface area contributed by atoms with Crippen molar-refractivity contribution in [2.75, 3.05) is 43.0 Å². The van der Waals surface area contributed by atoms with Crippen molar-refractivity contribution in [3.63, 3.8) is 0 Å². The predicted octanol–water partition coefficient (Wildman–Crippen LogP) is 2.23. The molecule has 0 aliphatic carbocycles. The topological polar surface area (TPSA) is 55.9 Å². The largest absolute Gasteiger partial charge is 0.338 e. The van der Waals surface area contributed by atoms with Crippen LogP contribution < -0.4 is 15.1 Å². The number of rotatable bonds is 3. The molecule has 0 atom stereocenters. The number of urea groups is 1. The van der Waals surface area contributed by atoms with Gasteiger partial charge in [-0.15, -0.1) is 0 Å². The van der Waals surface area contributed by atoms with E-state index in [4.69, 9.17) is 0 Å². The van der Waals surface area contributed by atoms with Gasteiger partial charge < -0.3 is 15.1 Å². The van der Waals surface area contributed by atoms with E-state index in [2.05, 4.69) is 23.3 Å². The number of fused-ring (bicyclic) bond motifs is 1. The first-order chi connectivity index (χ1) is 12.0. The summed E-state index contributed by atoms with van der Waals surface area (Å²) in [5.41, 5.74) is 3.06. The van der Waals surface area contributed by atoms with Gasteiger partial charge in [0.1, 0.15) is 0 Å². The number of nitrogens with zero attached hydrogens (tertiary/aromatic N) is 3. The van der Waals surface area contributed by atoms with Crippen LogP contribution in [0.5, 0.6) is 0 Å². The molecule has 6 heteroatoms. The van der Waals surface area contributed by atoms with Gasteiger partial charge >= 0.3 is 6.03 Å². The molecule has 3 rings (SSSR count). The van der Waals surface area contributed by atoms with Crippen LogP contribution in [0, 0.1) is 0 Å². The molecule has 3 amide bonds. The maximum absolute atomic E-state index is 12.7. The summed E-state index contributed by atoms with van der Waals surface area (Å²) < 4.78 is 0. The summed E-state index contributed by atoms with van der Waals surface area (Å²) in [5, 5.41) is 2.96. The van der Waals surface area contributed by atoms with Crippen molar-refractivity contribution < 1.29 is 9.59 Å². The number of piperidine rings is 1. The van der Waals surface area contributed by atoms with Gasteiger partial charge in [-0.25, -0.2) is 4.79 Å². The number of amides is 3. The molecule has 0 aromatic heterocycles. The molecule has 6 nitrogen and oxygen atoms in total. The van der Waals surface area contributed by atoms with Crippen molar-refractivity contribution in [1.29, 1.82) is 0 Å². The highest BCUT2D eigenvalue weighted by molar-refractivity contribution is 5.96. The van der Waals surface area contributed by atoms with Gasteiger partial charge in [0, 0.05) is 37.4 Å². The minimum Gasteiger partial charge on any atom is -0.338 e. The van der Waals surface area contributed by atoms with Gasteiger partial charge in [-0.1, -0.05) is 0 Å². The smallest absolute Gasteiger partial charge is 0.322 e. The Labute approximate surface area is 149 Å². The third-order valence-corrected chi connectivity index (χ3v) is 5.22. The fourth-order valence-electron chi connectivity index (χ4n) is 3.85. The van der Waals surface area contributed by atoms with Crippen molar-refractivity contribution in [2.45, 2.75) is 39.2 Å². The number of nitrogens with one attached hydrogen (secondary N) is 1. The van der Waals surface area contributed by atoms with Crippen molar-refractivity contribution in [2.24, 2.45) is 0 Å². The Morgan fingerprint density at radius 2 is 1.96 bits per heavy atom. The lowest BCUT2D eigenvalue weighted by molar-refractivity contribution is -0.116. The van der Waals surface area contributed by atoms with Gasteiger partial charge in [-0.05, 0) is 70.1 Å². The number of hydrogen-bond acceptors (Lipinski definition) is 3. The molecule has 25 heavy (non-hydrogen) atoms. The van der Waals surface area contributed by atoms with Crippen molar-refractivity contribution in [3.05, 3.63) is 23.8 Å². The number of carbonyl (C=O) groups is 2. The Kier molecular flexibility index (Phi) is 5.27. The fourth-order valence-corrected chi connectivity index (χ4v) is 3.85. The van der Waals surface area contributed by atoms with Crippen LogP contribution in [-0.4, -0.2) is 56.1 Å². The van der Waals surface area contributed by atoms with Crippen molar-refractivity contribution >= 4 is 23.3 Å². The third-order valence-electron chi connectivity index (χ3n) is 5.22. The van der Waals surface area contributed by atoms with Crippen LogP contribution in [0.25, 0.3) is 0 Å². The van der Waals surface area contributed by atoms with E-state index in [1.54, 1.807) is 6.92 Å². The van der Waals surface area contributed by atoms with Crippen LogP contribution in [0.15, 0.2) is 18.2 Å². The standard InChI is InChI=1S/C19H28N4O2/c1-4-20-19(25)23(16-8-10-21(3)11-9-16)17-5-6-18-15(13-17)7-12-22(18)14(2)24/h5-6,13,16H,4,7-12H2,1-3H3,(H,20,25). The molecule has 1 aromatic rings. The molecule has 136 valence electrons. The Hall–Kier alpha value is -2.08. The van der Waals surface area contributed by atoms with Crippen LogP contribution in [0.3, 0.4) is 0 Å². The lowest BCUT2D eigenvalue weighted by Gasteiger charge is -2.37. The van der Waals surface area contributed by atoms with E-state index in [-0.39, 0.29) is 18.0 Å². The van der Waals surface area contributed by atoms with Crippen LogP contribution in [0.1, 0.15) is 32.3 Å². The van der Waals surface area contributed by atoms with Gasteiger partial charge in [0.25, 0.3) is 0 Å². The quantitative estimate of drug-likeness (QED) is 0.915. The SMILES string of the molecule is CCNC(=O)N(c1ccc2c(c1)CCN2C(C)=O)C1CCN(C)CC1. The highest BCUT2D eigenvalue weighted by Gasteiger charge is 2.30. The monoisotopic (exact) mass is 344 g/mol. The second-order valence-electron chi connectivity index (χ2n) is 6.97. The molecular formula is C19H28N4O2. The molecule has 0 bridgehead atoms. The third kappa shape index (κ3) is 3.63. The number of benzene rings is 1. The average Bonchev–Trinajstić information content (AvgIpc) is 3.00. The van der Waals surface area contributed by atoms with Crippen LogP contribution in [-0.2, 0) is 11.2 Å². The van der Waals surface area contributed by atoms with Gasteiger partial charge in [0.05, 0.1) is 0 Å². The van der Waals surface area contributed by atoms with E-state index in [0.29, 0.717) is 6.54 Å². The normalized spacial score (nSPS) is 18.1. The maximum atomic E-state index is 12.7. The molecule has 2 heterocycles. The molecule has 0 radical (unpaired) electrons. The van der Waals surface area contributed by atoms with E-state index in [0.717, 1.165) is 55.8 Å². The van der Waals surface area contributed by atoms with Crippen LogP contribution in [0.4, 0.5) is 16.2 Å². The summed E-state index contributed by atoms with van der Waals surface area (Å²) in [6.07, 6.45) is 2.80. The number of hydrogen-bond donors (Lipinski definition) is 1. The zero-order valence-corrected chi connectivity index (χ0v) is 15.4. The maximum Gasteiger partial charge on any atom is 0.322 e. The van der Waals surface area contributed by atoms with E-state index in [9.17, 15) is 9.59 Å². The number of carbonyl (C=O) groups excluding carboxylic acids is 2. The zero-order chi connectivity index (χ0) is 18.0. The molecule has 0 unspecified atom stereocenters. The molecule has 1 N–H and O–H groups in total. The number of likely N-dealkylation sites (tertiary alicyclic amines) is 1. The lowest BCUT2D eigenvalue weighted by Crippen LogP contribution is -2.50. The first-order valence-corrected chi connectivity index (χ1v) is 9.18. The minimum absolute atomic E-state index is 0.0292. The predicted molar refractivity (Wildman–Crippen MR) is 100 cm³/mol. The lowest BCUT2D eigenvalue weighted by atomic mass is 10.0. The molecule has 1 fully saturated rings. The zero-order valence-electron chi connectivity index (χ0n) is 15.4. The Balaban J connectivity index is 1.89.